The van der Waals surface area contributed by atoms with Crippen LogP contribution in [-0.4, -0.2) is 10.1 Å². The van der Waals surface area contributed by atoms with E-state index in [9.17, 15) is 0 Å². The number of benzene rings is 1. The normalized spacial score (nSPS) is 9.88. The summed E-state index contributed by atoms with van der Waals surface area (Å²) >= 11 is 0. The number of hydrogen-bond donors (Lipinski definition) is 2. The molecule has 6 nitrogen and oxygen atoms in total. The standard InChI is InChI=1S/C11H11N5O/c1-7-15-11(16-17-7)6-14-9-2-3-10(13)8(4-9)5-12/h2-4,14H,6,13H2,1H3. The smallest absolute Gasteiger partial charge is 0.223 e. The summed E-state index contributed by atoms with van der Waals surface area (Å²) in [6, 6.07) is 7.18. The Morgan fingerprint density at radius 2 is 2.35 bits per heavy atom. The summed E-state index contributed by atoms with van der Waals surface area (Å²) < 4.78 is 4.84. The fourth-order valence-corrected chi connectivity index (χ4v) is 1.36. The van der Waals surface area contributed by atoms with Crippen molar-refractivity contribution in [3.63, 3.8) is 0 Å². The zero-order valence-corrected chi connectivity index (χ0v) is 9.27. The van der Waals surface area contributed by atoms with Gasteiger partial charge in [0.05, 0.1) is 12.1 Å². The number of nitriles is 1. The number of anilines is 2. The van der Waals surface area contributed by atoms with Crippen LogP contribution in [0.2, 0.25) is 0 Å². The van der Waals surface area contributed by atoms with Gasteiger partial charge >= 0.3 is 0 Å². The zero-order valence-electron chi connectivity index (χ0n) is 9.27. The first-order valence-corrected chi connectivity index (χ1v) is 5.01. The summed E-state index contributed by atoms with van der Waals surface area (Å²) in [4.78, 5) is 4.06. The molecular weight excluding hydrogens is 218 g/mol. The molecule has 0 saturated carbocycles. The van der Waals surface area contributed by atoms with Gasteiger partial charge in [0.25, 0.3) is 0 Å². The van der Waals surface area contributed by atoms with Crippen LogP contribution in [0.4, 0.5) is 11.4 Å². The lowest BCUT2D eigenvalue weighted by Crippen LogP contribution is -2.02. The Morgan fingerprint density at radius 3 is 3.00 bits per heavy atom. The second-order valence-corrected chi connectivity index (χ2v) is 3.50. The van der Waals surface area contributed by atoms with Crippen molar-refractivity contribution in [3.8, 4) is 6.07 Å². The van der Waals surface area contributed by atoms with Crippen LogP contribution in [0, 0.1) is 18.3 Å². The van der Waals surface area contributed by atoms with Crippen LogP contribution < -0.4 is 11.1 Å². The molecule has 0 aliphatic rings. The molecule has 1 aromatic carbocycles. The maximum absolute atomic E-state index is 8.83. The van der Waals surface area contributed by atoms with Crippen LogP contribution in [-0.2, 0) is 6.54 Å². The highest BCUT2D eigenvalue weighted by Gasteiger charge is 2.03. The molecule has 0 atom stereocenters. The third kappa shape index (κ3) is 2.52. The Morgan fingerprint density at radius 1 is 1.53 bits per heavy atom. The number of aryl methyl sites for hydroxylation is 1. The summed E-state index contributed by atoms with van der Waals surface area (Å²) in [7, 11) is 0. The van der Waals surface area contributed by atoms with Crippen LogP contribution >= 0.6 is 0 Å². The van der Waals surface area contributed by atoms with Gasteiger partial charge in [-0.3, -0.25) is 0 Å². The van der Waals surface area contributed by atoms with Crippen LogP contribution in [0.3, 0.4) is 0 Å². The Bertz CT molecular complexity index is 569. The number of nitrogens with two attached hydrogens (primary N) is 1. The summed E-state index contributed by atoms with van der Waals surface area (Å²) in [5, 5.41) is 15.7. The van der Waals surface area contributed by atoms with Crippen molar-refractivity contribution in [2.24, 2.45) is 0 Å². The molecule has 0 radical (unpaired) electrons. The quantitative estimate of drug-likeness (QED) is 0.772. The van der Waals surface area contributed by atoms with Crippen LogP contribution in [0.5, 0.6) is 0 Å². The molecule has 0 amide bonds. The highest BCUT2D eigenvalue weighted by Crippen LogP contribution is 2.17. The number of nitrogen functional groups attached to an aromatic ring is 1. The topological polar surface area (TPSA) is 101 Å². The zero-order chi connectivity index (χ0) is 12.3. The fraction of sp³-hybridized carbons (Fsp3) is 0.182. The van der Waals surface area contributed by atoms with Gasteiger partial charge in [-0.05, 0) is 18.2 Å². The van der Waals surface area contributed by atoms with Crippen molar-refractivity contribution in [1.29, 1.82) is 5.26 Å². The van der Waals surface area contributed by atoms with Crippen molar-refractivity contribution in [2.45, 2.75) is 13.5 Å². The van der Waals surface area contributed by atoms with Crippen molar-refractivity contribution in [3.05, 3.63) is 35.5 Å². The maximum Gasteiger partial charge on any atom is 0.223 e. The van der Waals surface area contributed by atoms with Gasteiger partial charge in [0.2, 0.25) is 5.89 Å². The summed E-state index contributed by atoms with van der Waals surface area (Å²) in [6.07, 6.45) is 0. The number of rotatable bonds is 3. The first-order chi connectivity index (χ1) is 8.19. The van der Waals surface area contributed by atoms with E-state index in [0.29, 0.717) is 29.5 Å². The average molecular weight is 229 g/mol. The Labute approximate surface area is 98.1 Å². The second kappa shape index (κ2) is 4.53. The number of nitrogens with zero attached hydrogens (tertiary/aromatic N) is 3. The third-order valence-corrected chi connectivity index (χ3v) is 2.19. The molecule has 86 valence electrons. The Balaban J connectivity index is 2.07. The monoisotopic (exact) mass is 229 g/mol. The minimum Gasteiger partial charge on any atom is -0.398 e. The van der Waals surface area contributed by atoms with E-state index < -0.39 is 0 Å². The van der Waals surface area contributed by atoms with Crippen molar-refractivity contribution in [1.82, 2.24) is 10.1 Å². The lowest BCUT2D eigenvalue weighted by molar-refractivity contribution is 0.388. The van der Waals surface area contributed by atoms with E-state index in [2.05, 4.69) is 15.5 Å². The van der Waals surface area contributed by atoms with Gasteiger partial charge in [0.1, 0.15) is 6.07 Å². The molecular formula is C11H11N5O. The van der Waals surface area contributed by atoms with Gasteiger partial charge in [-0.2, -0.15) is 10.2 Å². The summed E-state index contributed by atoms with van der Waals surface area (Å²) in [5.41, 5.74) is 7.32. The van der Waals surface area contributed by atoms with Gasteiger partial charge in [-0.25, -0.2) is 0 Å². The molecule has 0 bridgehead atoms. The van der Waals surface area contributed by atoms with E-state index in [1.165, 1.54) is 0 Å². The minimum absolute atomic E-state index is 0.437. The molecule has 0 saturated heterocycles. The summed E-state index contributed by atoms with van der Waals surface area (Å²) in [5.74, 6) is 1.09. The number of nitrogens with one attached hydrogen (secondary N) is 1. The van der Waals surface area contributed by atoms with Gasteiger partial charge in [0, 0.05) is 18.3 Å². The lowest BCUT2D eigenvalue weighted by Gasteiger charge is -2.05. The molecule has 0 fully saturated rings. The highest BCUT2D eigenvalue weighted by molar-refractivity contribution is 5.61. The highest BCUT2D eigenvalue weighted by atomic mass is 16.5. The van der Waals surface area contributed by atoms with Crippen molar-refractivity contribution < 1.29 is 4.52 Å². The van der Waals surface area contributed by atoms with E-state index in [1.54, 1.807) is 25.1 Å². The van der Waals surface area contributed by atoms with Crippen molar-refractivity contribution in [2.75, 3.05) is 11.1 Å². The van der Waals surface area contributed by atoms with E-state index in [0.717, 1.165) is 5.69 Å². The first-order valence-electron chi connectivity index (χ1n) is 5.01. The second-order valence-electron chi connectivity index (χ2n) is 3.50. The Hall–Kier alpha value is -2.55. The van der Waals surface area contributed by atoms with Gasteiger partial charge in [-0.15, -0.1) is 0 Å². The first kappa shape index (κ1) is 11.0. The maximum atomic E-state index is 8.83. The van der Waals surface area contributed by atoms with Gasteiger partial charge < -0.3 is 15.6 Å². The molecule has 3 N–H and O–H groups in total. The molecule has 0 aliphatic heterocycles. The molecule has 2 rings (SSSR count). The minimum atomic E-state index is 0.437. The lowest BCUT2D eigenvalue weighted by atomic mass is 10.2. The van der Waals surface area contributed by atoms with E-state index in [-0.39, 0.29) is 0 Å². The SMILES string of the molecule is Cc1nc(CNc2ccc(N)c(C#N)c2)no1. The van der Waals surface area contributed by atoms with Gasteiger partial charge in [0.15, 0.2) is 5.82 Å². The molecule has 6 heteroatoms. The molecule has 0 aliphatic carbocycles. The van der Waals surface area contributed by atoms with Crippen molar-refractivity contribution >= 4 is 11.4 Å². The number of aromatic nitrogens is 2. The van der Waals surface area contributed by atoms with Crippen LogP contribution in [0.15, 0.2) is 22.7 Å². The predicted molar refractivity (Wildman–Crippen MR) is 61.9 cm³/mol. The largest absolute Gasteiger partial charge is 0.398 e. The molecule has 17 heavy (non-hydrogen) atoms. The molecule has 0 unspecified atom stereocenters. The third-order valence-electron chi connectivity index (χ3n) is 2.19. The van der Waals surface area contributed by atoms with E-state index in [4.69, 9.17) is 15.5 Å². The molecule has 0 spiro atoms. The van der Waals surface area contributed by atoms with E-state index >= 15 is 0 Å². The predicted octanol–water partition coefficient (Wildman–Crippen LogP) is 1.44. The Kier molecular flexibility index (Phi) is 2.92. The van der Waals surface area contributed by atoms with Crippen LogP contribution in [0.25, 0.3) is 0 Å². The number of hydrogen-bond acceptors (Lipinski definition) is 6. The average Bonchev–Trinajstić information content (AvgIpc) is 2.74. The molecule has 1 aromatic heterocycles. The van der Waals surface area contributed by atoms with E-state index in [1.807, 2.05) is 6.07 Å². The van der Waals surface area contributed by atoms with Crippen LogP contribution in [0.1, 0.15) is 17.3 Å². The fourth-order valence-electron chi connectivity index (χ4n) is 1.36. The van der Waals surface area contributed by atoms with Gasteiger partial charge in [-0.1, -0.05) is 5.16 Å². The molecule has 1 heterocycles. The molecule has 2 aromatic rings. The summed E-state index contributed by atoms with van der Waals surface area (Å²) in [6.45, 7) is 2.17.